The summed E-state index contributed by atoms with van der Waals surface area (Å²) in [5.41, 5.74) is 7.80. The van der Waals surface area contributed by atoms with Crippen molar-refractivity contribution >= 4 is 23.1 Å². The third kappa shape index (κ3) is 3.13. The normalized spacial score (nSPS) is 11.8. The lowest BCUT2D eigenvalue weighted by Crippen LogP contribution is -2.28. The number of hydrogen-bond acceptors (Lipinski definition) is 4. The number of nitrogens with zero attached hydrogens (tertiary/aromatic N) is 1. The second-order valence-electron chi connectivity index (χ2n) is 4.72. The van der Waals surface area contributed by atoms with Crippen LogP contribution in [-0.2, 0) is 5.54 Å². The van der Waals surface area contributed by atoms with Crippen LogP contribution in [0, 0.1) is 0 Å². The lowest BCUT2D eigenvalue weighted by Gasteiger charge is -2.14. The van der Waals surface area contributed by atoms with Crippen LogP contribution in [0.25, 0.3) is 10.6 Å². The summed E-state index contributed by atoms with van der Waals surface area (Å²) in [7, 11) is 0. The Balaban J connectivity index is 2.23. The molecule has 0 spiro atoms. The Kier molecular flexibility index (Phi) is 4.10. The van der Waals surface area contributed by atoms with Crippen molar-refractivity contribution in [3.8, 4) is 10.6 Å². The van der Waals surface area contributed by atoms with Crippen LogP contribution >= 0.6 is 23.1 Å². The smallest absolute Gasteiger partial charge is 0.123 e. The number of thiazole rings is 1. The summed E-state index contributed by atoms with van der Waals surface area (Å²) in [6.45, 7) is 6.12. The molecule has 1 aromatic heterocycles. The molecule has 0 fully saturated rings. The van der Waals surface area contributed by atoms with E-state index in [4.69, 9.17) is 5.73 Å². The molecule has 0 unspecified atom stereocenters. The minimum Gasteiger partial charge on any atom is -0.321 e. The minimum atomic E-state index is -0.368. The highest BCUT2D eigenvalue weighted by Gasteiger charge is 2.18. The fraction of sp³-hybridized carbons (Fsp3) is 0.357. The fourth-order valence-corrected chi connectivity index (χ4v) is 3.23. The lowest BCUT2D eigenvalue weighted by atomic mass is 10.0. The zero-order valence-electron chi connectivity index (χ0n) is 10.9. The van der Waals surface area contributed by atoms with Crippen LogP contribution in [0.3, 0.4) is 0 Å². The van der Waals surface area contributed by atoms with E-state index >= 15 is 0 Å². The molecule has 0 saturated carbocycles. The zero-order chi connectivity index (χ0) is 13.2. The summed E-state index contributed by atoms with van der Waals surface area (Å²) in [4.78, 5) is 5.92. The van der Waals surface area contributed by atoms with Gasteiger partial charge in [-0.15, -0.1) is 23.1 Å². The summed E-state index contributed by atoms with van der Waals surface area (Å²) in [6.07, 6.45) is 0. The van der Waals surface area contributed by atoms with E-state index in [0.29, 0.717) is 0 Å². The SMILES string of the molecule is CCSc1ccc(-c2nc(C(C)(C)N)cs2)cc1. The molecule has 0 aliphatic carbocycles. The maximum absolute atomic E-state index is 6.05. The van der Waals surface area contributed by atoms with Gasteiger partial charge >= 0.3 is 0 Å². The highest BCUT2D eigenvalue weighted by Crippen LogP contribution is 2.29. The molecule has 1 aromatic carbocycles. The van der Waals surface area contributed by atoms with Gasteiger partial charge in [0.25, 0.3) is 0 Å². The van der Waals surface area contributed by atoms with E-state index in [2.05, 4.69) is 36.2 Å². The Bertz CT molecular complexity index is 509. The van der Waals surface area contributed by atoms with Gasteiger partial charge in [0.05, 0.1) is 11.2 Å². The molecule has 18 heavy (non-hydrogen) atoms. The number of thioether (sulfide) groups is 1. The minimum absolute atomic E-state index is 0.368. The first-order valence-corrected chi connectivity index (χ1v) is 7.85. The highest BCUT2D eigenvalue weighted by atomic mass is 32.2. The van der Waals surface area contributed by atoms with E-state index < -0.39 is 0 Å². The Morgan fingerprint density at radius 1 is 1.28 bits per heavy atom. The number of aromatic nitrogens is 1. The van der Waals surface area contributed by atoms with Gasteiger partial charge in [0.15, 0.2) is 0 Å². The maximum Gasteiger partial charge on any atom is 0.123 e. The summed E-state index contributed by atoms with van der Waals surface area (Å²) < 4.78 is 0. The largest absolute Gasteiger partial charge is 0.321 e. The van der Waals surface area contributed by atoms with E-state index in [1.54, 1.807) is 11.3 Å². The average Bonchev–Trinajstić information content (AvgIpc) is 2.79. The van der Waals surface area contributed by atoms with Gasteiger partial charge in [-0.05, 0) is 31.7 Å². The first-order chi connectivity index (χ1) is 8.50. The van der Waals surface area contributed by atoms with Gasteiger partial charge in [-0.3, -0.25) is 0 Å². The van der Waals surface area contributed by atoms with E-state index in [1.807, 2.05) is 31.0 Å². The van der Waals surface area contributed by atoms with Gasteiger partial charge in [-0.25, -0.2) is 4.98 Å². The van der Waals surface area contributed by atoms with Crippen LogP contribution in [-0.4, -0.2) is 10.7 Å². The van der Waals surface area contributed by atoms with Crippen molar-refractivity contribution in [3.05, 3.63) is 35.3 Å². The van der Waals surface area contributed by atoms with E-state index in [1.165, 1.54) is 4.90 Å². The second-order valence-corrected chi connectivity index (χ2v) is 6.91. The molecule has 0 bridgehead atoms. The third-order valence-electron chi connectivity index (χ3n) is 2.58. The van der Waals surface area contributed by atoms with E-state index in [-0.39, 0.29) is 5.54 Å². The number of hydrogen-bond donors (Lipinski definition) is 1. The first-order valence-electron chi connectivity index (χ1n) is 5.99. The summed E-state index contributed by atoms with van der Waals surface area (Å²) in [5, 5.41) is 3.08. The van der Waals surface area contributed by atoms with Crippen LogP contribution in [0.1, 0.15) is 26.5 Å². The van der Waals surface area contributed by atoms with E-state index in [0.717, 1.165) is 22.0 Å². The van der Waals surface area contributed by atoms with Gasteiger partial charge in [-0.2, -0.15) is 0 Å². The molecule has 96 valence electrons. The van der Waals surface area contributed by atoms with Gasteiger partial charge < -0.3 is 5.73 Å². The van der Waals surface area contributed by atoms with Crippen LogP contribution in [0.4, 0.5) is 0 Å². The molecular weight excluding hydrogens is 260 g/mol. The quantitative estimate of drug-likeness (QED) is 0.855. The molecular formula is C14H18N2S2. The molecule has 1 heterocycles. The molecule has 0 amide bonds. The van der Waals surface area contributed by atoms with Crippen LogP contribution in [0.5, 0.6) is 0 Å². The van der Waals surface area contributed by atoms with E-state index in [9.17, 15) is 0 Å². The van der Waals surface area contributed by atoms with Crippen molar-refractivity contribution < 1.29 is 0 Å². The van der Waals surface area contributed by atoms with Crippen LogP contribution < -0.4 is 5.73 Å². The topological polar surface area (TPSA) is 38.9 Å². The predicted octanol–water partition coefficient (Wildman–Crippen LogP) is 4.12. The zero-order valence-corrected chi connectivity index (χ0v) is 12.6. The van der Waals surface area contributed by atoms with Crippen LogP contribution in [0.15, 0.2) is 34.5 Å². The molecule has 0 saturated heterocycles. The number of rotatable bonds is 4. The summed E-state index contributed by atoms with van der Waals surface area (Å²) in [5.74, 6) is 1.10. The molecule has 2 nitrogen and oxygen atoms in total. The molecule has 0 radical (unpaired) electrons. The van der Waals surface area contributed by atoms with Crippen molar-refractivity contribution in [1.29, 1.82) is 0 Å². The molecule has 2 aromatic rings. The van der Waals surface area contributed by atoms with Crippen molar-refractivity contribution in [1.82, 2.24) is 4.98 Å². The Labute approximate surface area is 117 Å². The number of nitrogens with two attached hydrogens (primary N) is 1. The van der Waals surface area contributed by atoms with Crippen molar-refractivity contribution in [2.75, 3.05) is 5.75 Å². The maximum atomic E-state index is 6.05. The number of benzene rings is 1. The highest BCUT2D eigenvalue weighted by molar-refractivity contribution is 7.99. The molecule has 0 aliphatic heterocycles. The van der Waals surface area contributed by atoms with Crippen LogP contribution in [0.2, 0.25) is 0 Å². The Morgan fingerprint density at radius 2 is 1.94 bits per heavy atom. The molecule has 0 atom stereocenters. The van der Waals surface area contributed by atoms with Gasteiger partial charge in [0, 0.05) is 15.8 Å². The van der Waals surface area contributed by atoms with Crippen molar-refractivity contribution in [2.24, 2.45) is 5.73 Å². The second kappa shape index (κ2) is 5.43. The average molecular weight is 278 g/mol. The van der Waals surface area contributed by atoms with Gasteiger partial charge in [0.2, 0.25) is 0 Å². The van der Waals surface area contributed by atoms with Crippen molar-refractivity contribution in [3.63, 3.8) is 0 Å². The van der Waals surface area contributed by atoms with Gasteiger partial charge in [0.1, 0.15) is 5.01 Å². The monoisotopic (exact) mass is 278 g/mol. The predicted molar refractivity (Wildman–Crippen MR) is 81.2 cm³/mol. The fourth-order valence-electron chi connectivity index (χ4n) is 1.56. The molecule has 2 N–H and O–H groups in total. The summed E-state index contributed by atoms with van der Waals surface area (Å²) >= 11 is 3.50. The molecule has 0 aliphatic rings. The Morgan fingerprint density at radius 3 is 2.44 bits per heavy atom. The first kappa shape index (κ1) is 13.6. The lowest BCUT2D eigenvalue weighted by molar-refractivity contribution is 0.539. The Hall–Kier alpha value is -0.840. The molecule has 2 rings (SSSR count). The molecule has 4 heteroatoms. The van der Waals surface area contributed by atoms with Crippen molar-refractivity contribution in [2.45, 2.75) is 31.2 Å². The van der Waals surface area contributed by atoms with Gasteiger partial charge in [-0.1, -0.05) is 19.1 Å². The third-order valence-corrected chi connectivity index (χ3v) is 4.36. The summed E-state index contributed by atoms with van der Waals surface area (Å²) in [6, 6.07) is 8.56. The standard InChI is InChI=1S/C14H18N2S2/c1-4-17-11-7-5-10(6-8-11)13-16-12(9-18-13)14(2,3)15/h5-9H,4,15H2,1-3H3.